The fourth-order valence-corrected chi connectivity index (χ4v) is 4.47. The molecule has 3 aromatic heterocycles. The van der Waals surface area contributed by atoms with Crippen molar-refractivity contribution in [3.63, 3.8) is 0 Å². The average molecular weight is 405 g/mol. The van der Waals surface area contributed by atoms with Crippen LogP contribution in [0.5, 0.6) is 0 Å². The molecular formula is C22H13ClN2O2S. The summed E-state index contributed by atoms with van der Waals surface area (Å²) in [5.41, 5.74) is 2.83. The molecule has 0 radical (unpaired) electrons. The molecule has 28 heavy (non-hydrogen) atoms. The zero-order chi connectivity index (χ0) is 19.1. The van der Waals surface area contributed by atoms with Crippen LogP contribution in [0.4, 0.5) is 0 Å². The first-order valence-corrected chi connectivity index (χ1v) is 9.82. The molecule has 0 aliphatic carbocycles. The topological polar surface area (TPSA) is 47.5 Å². The summed E-state index contributed by atoms with van der Waals surface area (Å²) in [6, 6.07) is 22.6. The number of benzene rings is 2. The van der Waals surface area contributed by atoms with Crippen LogP contribution in [0.25, 0.3) is 27.9 Å². The molecule has 0 bridgehead atoms. The van der Waals surface area contributed by atoms with Crippen molar-refractivity contribution in [3.05, 3.63) is 94.4 Å². The predicted molar refractivity (Wildman–Crippen MR) is 112 cm³/mol. The number of aromatic nitrogens is 2. The largest absolute Gasteiger partial charge is 0.423 e. The van der Waals surface area contributed by atoms with Crippen LogP contribution in [0.1, 0.15) is 0 Å². The average Bonchev–Trinajstić information content (AvgIpc) is 3.08. The highest BCUT2D eigenvalue weighted by Gasteiger charge is 2.17. The molecule has 3 heterocycles. The van der Waals surface area contributed by atoms with Gasteiger partial charge in [-0.3, -0.25) is 4.40 Å². The highest BCUT2D eigenvalue weighted by atomic mass is 35.5. The summed E-state index contributed by atoms with van der Waals surface area (Å²) in [5.74, 6) is 0. The van der Waals surface area contributed by atoms with Crippen molar-refractivity contribution in [3.8, 4) is 11.3 Å². The molecule has 136 valence electrons. The van der Waals surface area contributed by atoms with Gasteiger partial charge in [-0.05, 0) is 30.3 Å². The van der Waals surface area contributed by atoms with Crippen LogP contribution >= 0.6 is 23.4 Å². The van der Waals surface area contributed by atoms with Gasteiger partial charge in [0.1, 0.15) is 22.0 Å². The number of pyridine rings is 1. The Bertz CT molecular complexity index is 1380. The van der Waals surface area contributed by atoms with Crippen LogP contribution in [0, 0.1) is 0 Å². The third kappa shape index (κ3) is 2.99. The first-order chi connectivity index (χ1) is 13.7. The Labute approximate surface area is 169 Å². The maximum Gasteiger partial charge on any atom is 0.337 e. The smallest absolute Gasteiger partial charge is 0.337 e. The molecule has 0 amide bonds. The van der Waals surface area contributed by atoms with E-state index in [1.54, 1.807) is 12.1 Å². The molecule has 0 N–H and O–H groups in total. The molecule has 6 heteroatoms. The minimum absolute atomic E-state index is 0.396. The summed E-state index contributed by atoms with van der Waals surface area (Å²) in [6.07, 6.45) is 1.97. The summed E-state index contributed by atoms with van der Waals surface area (Å²) in [5, 5.41) is 2.31. The predicted octanol–water partition coefficient (Wildman–Crippen LogP) is 5.91. The second-order valence-electron chi connectivity index (χ2n) is 6.23. The summed E-state index contributed by atoms with van der Waals surface area (Å²) in [6.45, 7) is 0. The van der Waals surface area contributed by atoms with Gasteiger partial charge in [0.15, 0.2) is 0 Å². The molecule has 0 unspecified atom stereocenters. The molecule has 0 spiro atoms. The van der Waals surface area contributed by atoms with E-state index in [9.17, 15) is 4.79 Å². The molecule has 0 saturated heterocycles. The zero-order valence-electron chi connectivity index (χ0n) is 14.5. The van der Waals surface area contributed by atoms with Crippen LogP contribution in [0.15, 0.2) is 98.1 Å². The fourth-order valence-electron chi connectivity index (χ4n) is 3.15. The lowest BCUT2D eigenvalue weighted by molar-refractivity contribution is 0.557. The highest BCUT2D eigenvalue weighted by Crippen LogP contribution is 2.39. The van der Waals surface area contributed by atoms with Gasteiger partial charge >= 0.3 is 5.63 Å². The quantitative estimate of drug-likeness (QED) is 0.350. The molecule has 0 saturated carbocycles. The maximum atomic E-state index is 12.1. The number of nitrogens with zero attached hydrogens (tertiary/aromatic N) is 2. The van der Waals surface area contributed by atoms with Gasteiger partial charge in [-0.2, -0.15) is 0 Å². The lowest BCUT2D eigenvalue weighted by atomic mass is 10.2. The zero-order valence-corrected chi connectivity index (χ0v) is 16.1. The molecule has 0 fully saturated rings. The molecule has 0 atom stereocenters. The summed E-state index contributed by atoms with van der Waals surface area (Å²) >= 11 is 7.67. The van der Waals surface area contributed by atoms with Crippen molar-refractivity contribution < 1.29 is 4.42 Å². The van der Waals surface area contributed by atoms with E-state index >= 15 is 0 Å². The molecule has 0 aliphatic heterocycles. The van der Waals surface area contributed by atoms with Crippen LogP contribution in [0.3, 0.4) is 0 Å². The highest BCUT2D eigenvalue weighted by molar-refractivity contribution is 7.99. The molecule has 5 aromatic rings. The number of imidazole rings is 1. The van der Waals surface area contributed by atoms with Crippen molar-refractivity contribution in [2.45, 2.75) is 9.92 Å². The van der Waals surface area contributed by atoms with E-state index in [1.165, 1.54) is 17.8 Å². The molecular weight excluding hydrogens is 392 g/mol. The van der Waals surface area contributed by atoms with Gasteiger partial charge in [0.05, 0.1) is 0 Å². The monoisotopic (exact) mass is 404 g/mol. The van der Waals surface area contributed by atoms with Crippen molar-refractivity contribution >= 4 is 40.0 Å². The van der Waals surface area contributed by atoms with Gasteiger partial charge in [0.25, 0.3) is 0 Å². The van der Waals surface area contributed by atoms with Crippen molar-refractivity contribution in [1.82, 2.24) is 9.38 Å². The van der Waals surface area contributed by atoms with Gasteiger partial charge in [-0.1, -0.05) is 59.8 Å². The first kappa shape index (κ1) is 17.1. The van der Waals surface area contributed by atoms with Gasteiger partial charge in [-0.15, -0.1) is 0 Å². The summed E-state index contributed by atoms with van der Waals surface area (Å²) in [7, 11) is 0. The van der Waals surface area contributed by atoms with Crippen molar-refractivity contribution in [2.24, 2.45) is 0 Å². The summed E-state index contributed by atoms with van der Waals surface area (Å²) < 4.78 is 7.35. The van der Waals surface area contributed by atoms with Crippen molar-refractivity contribution in [1.29, 1.82) is 0 Å². The van der Waals surface area contributed by atoms with E-state index in [4.69, 9.17) is 21.0 Å². The number of hydrogen-bond donors (Lipinski definition) is 0. The normalized spacial score (nSPS) is 11.3. The standard InChI is InChI=1S/C22H13ClN2O2S/c23-15-9-10-17-16(12-15)18(13-20(26)27-17)28-22-21(14-6-2-1-3-7-14)24-19-8-4-5-11-25(19)22/h1-13H. The van der Waals surface area contributed by atoms with E-state index in [0.717, 1.165) is 32.2 Å². The van der Waals surface area contributed by atoms with Crippen LogP contribution in [-0.2, 0) is 0 Å². The van der Waals surface area contributed by atoms with Crippen LogP contribution < -0.4 is 5.63 Å². The molecule has 0 aliphatic rings. The van der Waals surface area contributed by atoms with Gasteiger partial charge in [0, 0.05) is 33.1 Å². The van der Waals surface area contributed by atoms with Crippen molar-refractivity contribution in [2.75, 3.05) is 0 Å². The Morgan fingerprint density at radius 3 is 2.64 bits per heavy atom. The Balaban J connectivity index is 1.76. The lowest BCUT2D eigenvalue weighted by Gasteiger charge is -2.08. The SMILES string of the molecule is O=c1cc(Sc2c(-c3ccccc3)nc3ccccn23)c2cc(Cl)ccc2o1. The third-order valence-electron chi connectivity index (χ3n) is 4.41. The number of fused-ring (bicyclic) bond motifs is 2. The van der Waals surface area contributed by atoms with Gasteiger partial charge < -0.3 is 4.42 Å². The minimum Gasteiger partial charge on any atom is -0.423 e. The Morgan fingerprint density at radius 2 is 1.79 bits per heavy atom. The second kappa shape index (κ2) is 6.86. The first-order valence-electron chi connectivity index (χ1n) is 8.63. The fraction of sp³-hybridized carbons (Fsp3) is 0. The number of halogens is 1. The Morgan fingerprint density at radius 1 is 0.964 bits per heavy atom. The Hall–Kier alpha value is -3.02. The summed E-state index contributed by atoms with van der Waals surface area (Å²) in [4.78, 5) is 17.7. The molecule has 2 aromatic carbocycles. The van der Waals surface area contributed by atoms with Gasteiger partial charge in [-0.25, -0.2) is 9.78 Å². The lowest BCUT2D eigenvalue weighted by Crippen LogP contribution is -1.98. The second-order valence-corrected chi connectivity index (χ2v) is 7.70. The van der Waals surface area contributed by atoms with E-state index < -0.39 is 5.63 Å². The van der Waals surface area contributed by atoms with Gasteiger partial charge in [0.2, 0.25) is 0 Å². The van der Waals surface area contributed by atoms with E-state index in [0.29, 0.717) is 10.6 Å². The van der Waals surface area contributed by atoms with Crippen LogP contribution in [0.2, 0.25) is 5.02 Å². The third-order valence-corrected chi connectivity index (χ3v) is 5.78. The van der Waals surface area contributed by atoms with E-state index in [-0.39, 0.29) is 0 Å². The Kier molecular flexibility index (Phi) is 4.19. The van der Waals surface area contributed by atoms with E-state index in [1.807, 2.05) is 65.2 Å². The van der Waals surface area contributed by atoms with E-state index in [2.05, 4.69) is 0 Å². The minimum atomic E-state index is -0.396. The molecule has 5 rings (SSSR count). The maximum absolute atomic E-state index is 12.1. The number of rotatable bonds is 3. The molecule has 4 nitrogen and oxygen atoms in total. The van der Waals surface area contributed by atoms with Crippen LogP contribution in [-0.4, -0.2) is 9.38 Å². The number of hydrogen-bond acceptors (Lipinski definition) is 4.